The molecule has 2 aromatic carbocycles. The van der Waals surface area contributed by atoms with Crippen molar-refractivity contribution in [3.8, 4) is 11.4 Å². The number of nitrogens with zero attached hydrogens (tertiary/aromatic N) is 4. The number of hydrogen-bond donors (Lipinski definition) is 1. The molecular formula is C19H16F3N5O2. The maximum atomic E-state index is 12.8. The van der Waals surface area contributed by atoms with E-state index in [9.17, 15) is 22.8 Å². The number of aryl methyl sites for hydroxylation is 1. The number of Topliss-reactive ketones (excluding diaryl/α,β-unsaturated/α-hetero) is 1. The molecule has 0 fully saturated rings. The van der Waals surface area contributed by atoms with Crippen molar-refractivity contribution < 1.29 is 22.8 Å². The SMILES string of the molecule is CC(=O)c1ccc(NC(=O)CCn2nnc(-c3cccc(C(F)(F)F)c3)n2)cc1. The fraction of sp³-hybridized carbons (Fsp3) is 0.211. The normalized spacial score (nSPS) is 11.3. The van der Waals surface area contributed by atoms with E-state index in [0.29, 0.717) is 11.3 Å². The quantitative estimate of drug-likeness (QED) is 0.636. The fourth-order valence-corrected chi connectivity index (χ4v) is 2.50. The molecule has 29 heavy (non-hydrogen) atoms. The molecule has 0 saturated carbocycles. The van der Waals surface area contributed by atoms with Crippen molar-refractivity contribution in [1.82, 2.24) is 20.2 Å². The lowest BCUT2D eigenvalue weighted by Gasteiger charge is -2.06. The lowest BCUT2D eigenvalue weighted by molar-refractivity contribution is -0.137. The maximum absolute atomic E-state index is 12.8. The van der Waals surface area contributed by atoms with Gasteiger partial charge in [0.1, 0.15) is 0 Å². The molecule has 0 bridgehead atoms. The fourth-order valence-electron chi connectivity index (χ4n) is 2.50. The number of amides is 1. The standard InChI is InChI=1S/C19H16F3N5O2/c1-12(28)13-5-7-16(8-6-13)23-17(29)9-10-27-25-18(24-26-27)14-3-2-4-15(11-14)19(20,21)22/h2-8,11H,9-10H2,1H3,(H,23,29). The molecule has 1 aromatic heterocycles. The molecule has 7 nitrogen and oxygen atoms in total. The van der Waals surface area contributed by atoms with Crippen LogP contribution in [-0.4, -0.2) is 31.9 Å². The number of rotatable bonds is 6. The minimum absolute atomic E-state index is 0.0346. The molecule has 0 atom stereocenters. The van der Waals surface area contributed by atoms with Gasteiger partial charge in [0, 0.05) is 23.2 Å². The van der Waals surface area contributed by atoms with E-state index in [1.165, 1.54) is 19.1 Å². The Morgan fingerprint density at radius 3 is 2.48 bits per heavy atom. The second-order valence-corrected chi connectivity index (χ2v) is 6.22. The van der Waals surface area contributed by atoms with Crippen molar-refractivity contribution in [3.63, 3.8) is 0 Å². The van der Waals surface area contributed by atoms with E-state index < -0.39 is 11.7 Å². The Labute approximate surface area is 163 Å². The van der Waals surface area contributed by atoms with E-state index in [0.717, 1.165) is 16.9 Å². The number of carbonyl (C=O) groups excluding carboxylic acids is 2. The zero-order valence-corrected chi connectivity index (χ0v) is 15.3. The molecule has 10 heteroatoms. The van der Waals surface area contributed by atoms with Crippen molar-refractivity contribution in [2.75, 3.05) is 5.32 Å². The number of tetrazole rings is 1. The summed E-state index contributed by atoms with van der Waals surface area (Å²) in [5, 5.41) is 14.2. The Morgan fingerprint density at radius 2 is 1.83 bits per heavy atom. The second-order valence-electron chi connectivity index (χ2n) is 6.22. The molecule has 3 rings (SSSR count). The Kier molecular flexibility index (Phi) is 5.71. The molecule has 150 valence electrons. The van der Waals surface area contributed by atoms with Gasteiger partial charge in [0.25, 0.3) is 0 Å². The molecule has 0 aliphatic rings. The number of aromatic nitrogens is 4. The number of benzene rings is 2. The van der Waals surface area contributed by atoms with E-state index in [1.54, 1.807) is 24.3 Å². The second kappa shape index (κ2) is 8.21. The van der Waals surface area contributed by atoms with Gasteiger partial charge in [0.15, 0.2) is 5.78 Å². The van der Waals surface area contributed by atoms with Gasteiger partial charge in [-0.15, -0.1) is 10.2 Å². The maximum Gasteiger partial charge on any atom is 0.416 e. The monoisotopic (exact) mass is 403 g/mol. The largest absolute Gasteiger partial charge is 0.416 e. The molecule has 3 aromatic rings. The molecule has 0 saturated heterocycles. The van der Waals surface area contributed by atoms with Gasteiger partial charge in [-0.3, -0.25) is 9.59 Å². The highest BCUT2D eigenvalue weighted by atomic mass is 19.4. The van der Waals surface area contributed by atoms with E-state index in [2.05, 4.69) is 20.7 Å². The molecule has 0 unspecified atom stereocenters. The Balaban J connectivity index is 1.59. The van der Waals surface area contributed by atoms with Crippen molar-refractivity contribution in [2.45, 2.75) is 26.1 Å². The lowest BCUT2D eigenvalue weighted by Crippen LogP contribution is -2.15. The van der Waals surface area contributed by atoms with Crippen LogP contribution in [0.4, 0.5) is 18.9 Å². The first-order chi connectivity index (χ1) is 13.7. The summed E-state index contributed by atoms with van der Waals surface area (Å²) < 4.78 is 38.4. The number of ketones is 1. The highest BCUT2D eigenvalue weighted by molar-refractivity contribution is 5.95. The minimum atomic E-state index is -4.47. The summed E-state index contributed by atoms with van der Waals surface area (Å²) in [4.78, 5) is 24.4. The first kappa shape index (κ1) is 20.2. The highest BCUT2D eigenvalue weighted by Gasteiger charge is 2.30. The number of carbonyl (C=O) groups is 2. The number of halogens is 3. The summed E-state index contributed by atoms with van der Waals surface area (Å²) in [6.45, 7) is 1.55. The summed E-state index contributed by atoms with van der Waals surface area (Å²) in [6.07, 6.45) is -4.43. The molecule has 1 N–H and O–H groups in total. The van der Waals surface area contributed by atoms with Gasteiger partial charge in [0.05, 0.1) is 12.1 Å². The predicted octanol–water partition coefficient (Wildman–Crippen LogP) is 3.59. The molecule has 1 heterocycles. The molecular weight excluding hydrogens is 387 g/mol. The van der Waals surface area contributed by atoms with Crippen molar-refractivity contribution >= 4 is 17.4 Å². The van der Waals surface area contributed by atoms with Crippen LogP contribution in [-0.2, 0) is 17.5 Å². The van der Waals surface area contributed by atoms with Crippen LogP contribution in [0.3, 0.4) is 0 Å². The van der Waals surface area contributed by atoms with Crippen molar-refractivity contribution in [3.05, 3.63) is 59.7 Å². The van der Waals surface area contributed by atoms with Gasteiger partial charge >= 0.3 is 6.18 Å². The van der Waals surface area contributed by atoms with Crippen molar-refractivity contribution in [1.29, 1.82) is 0 Å². The molecule has 0 radical (unpaired) electrons. The topological polar surface area (TPSA) is 89.8 Å². The minimum Gasteiger partial charge on any atom is -0.326 e. The summed E-state index contributed by atoms with van der Waals surface area (Å²) in [6, 6.07) is 11.1. The average Bonchev–Trinajstić information content (AvgIpc) is 3.15. The van der Waals surface area contributed by atoms with Crippen LogP contribution in [0.2, 0.25) is 0 Å². The number of hydrogen-bond acceptors (Lipinski definition) is 5. The van der Waals surface area contributed by atoms with E-state index in [4.69, 9.17) is 0 Å². The average molecular weight is 403 g/mol. The van der Waals surface area contributed by atoms with Gasteiger partial charge in [-0.2, -0.15) is 18.0 Å². The zero-order valence-electron chi connectivity index (χ0n) is 15.3. The third kappa shape index (κ3) is 5.24. The summed E-state index contributed by atoms with van der Waals surface area (Å²) in [5.74, 6) is -0.341. The number of anilines is 1. The van der Waals surface area contributed by atoms with Crippen LogP contribution >= 0.6 is 0 Å². The predicted molar refractivity (Wildman–Crippen MR) is 97.9 cm³/mol. The Morgan fingerprint density at radius 1 is 1.10 bits per heavy atom. The first-order valence-corrected chi connectivity index (χ1v) is 8.58. The number of alkyl halides is 3. The Hall–Kier alpha value is -3.56. The van der Waals surface area contributed by atoms with Crippen LogP contribution in [0.5, 0.6) is 0 Å². The van der Waals surface area contributed by atoms with Gasteiger partial charge in [-0.05, 0) is 48.5 Å². The lowest BCUT2D eigenvalue weighted by atomic mass is 10.1. The van der Waals surface area contributed by atoms with Gasteiger partial charge in [-0.25, -0.2) is 0 Å². The van der Waals surface area contributed by atoms with Crippen LogP contribution < -0.4 is 5.32 Å². The molecule has 0 aliphatic heterocycles. The zero-order chi connectivity index (χ0) is 21.0. The van der Waals surface area contributed by atoms with Crippen LogP contribution in [0, 0.1) is 0 Å². The third-order valence-corrected chi connectivity index (χ3v) is 4.01. The Bertz CT molecular complexity index is 1030. The third-order valence-electron chi connectivity index (χ3n) is 4.01. The van der Waals surface area contributed by atoms with Gasteiger partial charge < -0.3 is 5.32 Å². The summed E-state index contributed by atoms with van der Waals surface area (Å²) in [7, 11) is 0. The highest BCUT2D eigenvalue weighted by Crippen LogP contribution is 2.31. The van der Waals surface area contributed by atoms with Gasteiger partial charge in [0.2, 0.25) is 11.7 Å². The summed E-state index contributed by atoms with van der Waals surface area (Å²) in [5.41, 5.74) is 0.454. The summed E-state index contributed by atoms with van der Waals surface area (Å²) >= 11 is 0. The molecule has 0 aliphatic carbocycles. The van der Waals surface area contributed by atoms with E-state index in [1.807, 2.05) is 0 Å². The van der Waals surface area contributed by atoms with Crippen LogP contribution in [0.15, 0.2) is 48.5 Å². The smallest absolute Gasteiger partial charge is 0.326 e. The van der Waals surface area contributed by atoms with Gasteiger partial charge in [-0.1, -0.05) is 12.1 Å². The van der Waals surface area contributed by atoms with Crippen LogP contribution in [0.25, 0.3) is 11.4 Å². The first-order valence-electron chi connectivity index (χ1n) is 8.58. The van der Waals surface area contributed by atoms with Crippen LogP contribution in [0.1, 0.15) is 29.3 Å². The number of nitrogens with one attached hydrogen (secondary N) is 1. The van der Waals surface area contributed by atoms with E-state index in [-0.39, 0.29) is 36.0 Å². The van der Waals surface area contributed by atoms with Crippen molar-refractivity contribution in [2.24, 2.45) is 0 Å². The van der Waals surface area contributed by atoms with E-state index >= 15 is 0 Å². The molecule has 1 amide bonds. The molecule has 0 spiro atoms.